The molecule has 1 atom stereocenters. The van der Waals surface area contributed by atoms with Crippen molar-refractivity contribution in [3.63, 3.8) is 0 Å². The highest BCUT2D eigenvalue weighted by molar-refractivity contribution is 5.72. The fourth-order valence-corrected chi connectivity index (χ4v) is 1.59. The number of cyclic esters (lactones) is 1. The summed E-state index contributed by atoms with van der Waals surface area (Å²) >= 11 is 0. The van der Waals surface area contributed by atoms with E-state index >= 15 is 0 Å². The van der Waals surface area contributed by atoms with E-state index in [0.29, 0.717) is 6.61 Å². The largest absolute Gasteiger partial charge is 0.446 e. The molecule has 3 heteroatoms. The van der Waals surface area contributed by atoms with Gasteiger partial charge >= 0.3 is 6.09 Å². The quantitative estimate of drug-likeness (QED) is 0.651. The SMILES string of the molecule is CC#CN1C(=O)OC[C@H]1c1ccccc1. The molecule has 0 radical (unpaired) electrons. The molecule has 1 fully saturated rings. The fourth-order valence-electron chi connectivity index (χ4n) is 1.59. The zero-order valence-electron chi connectivity index (χ0n) is 8.43. The second-order valence-electron chi connectivity index (χ2n) is 3.24. The standard InChI is InChI=1S/C12H11NO2/c1-2-8-13-11(9-15-12(13)14)10-6-4-3-5-7-10/h3-7,11H,9H2,1H3/t11-/m0/s1. The van der Waals surface area contributed by atoms with Gasteiger partial charge in [0.1, 0.15) is 12.6 Å². The summed E-state index contributed by atoms with van der Waals surface area (Å²) in [5.41, 5.74) is 1.05. The lowest BCUT2D eigenvalue weighted by atomic mass is 10.1. The van der Waals surface area contributed by atoms with Crippen LogP contribution in [-0.4, -0.2) is 17.6 Å². The summed E-state index contributed by atoms with van der Waals surface area (Å²) < 4.78 is 4.97. The Kier molecular flexibility index (Phi) is 2.59. The predicted molar refractivity (Wildman–Crippen MR) is 55.8 cm³/mol. The first kappa shape index (κ1) is 9.60. The number of benzene rings is 1. The Hall–Kier alpha value is -1.95. The third-order valence-corrected chi connectivity index (χ3v) is 2.29. The first-order chi connectivity index (χ1) is 7.33. The van der Waals surface area contributed by atoms with Gasteiger partial charge in [0.2, 0.25) is 0 Å². The third-order valence-electron chi connectivity index (χ3n) is 2.29. The summed E-state index contributed by atoms with van der Waals surface area (Å²) in [7, 11) is 0. The molecule has 1 aromatic carbocycles. The van der Waals surface area contributed by atoms with Crippen LogP contribution in [0, 0.1) is 12.0 Å². The van der Waals surface area contributed by atoms with Crippen molar-refractivity contribution in [2.45, 2.75) is 13.0 Å². The van der Waals surface area contributed by atoms with Crippen LogP contribution >= 0.6 is 0 Å². The Balaban J connectivity index is 2.29. The number of ether oxygens (including phenoxy) is 1. The van der Waals surface area contributed by atoms with Gasteiger partial charge in [-0.05, 0) is 12.5 Å². The van der Waals surface area contributed by atoms with E-state index in [9.17, 15) is 4.79 Å². The molecule has 0 aromatic heterocycles. The second kappa shape index (κ2) is 4.05. The van der Waals surface area contributed by atoms with Crippen LogP contribution in [0.3, 0.4) is 0 Å². The lowest BCUT2D eigenvalue weighted by molar-refractivity contribution is 0.167. The molecule has 1 aliphatic heterocycles. The molecule has 1 aliphatic rings. The minimum atomic E-state index is -0.363. The molecule has 2 rings (SSSR count). The maximum atomic E-state index is 11.3. The monoisotopic (exact) mass is 201 g/mol. The van der Waals surface area contributed by atoms with Gasteiger partial charge in [-0.2, -0.15) is 0 Å². The average Bonchev–Trinajstić information content (AvgIpc) is 2.63. The molecule has 0 bridgehead atoms. The maximum absolute atomic E-state index is 11.3. The highest BCUT2D eigenvalue weighted by Gasteiger charge is 2.32. The van der Waals surface area contributed by atoms with Gasteiger partial charge in [-0.15, -0.1) is 0 Å². The Bertz CT molecular complexity index is 416. The Morgan fingerprint density at radius 2 is 2.13 bits per heavy atom. The van der Waals surface area contributed by atoms with Crippen LogP contribution in [0.5, 0.6) is 0 Å². The second-order valence-corrected chi connectivity index (χ2v) is 3.24. The van der Waals surface area contributed by atoms with Crippen molar-refractivity contribution in [1.29, 1.82) is 0 Å². The van der Waals surface area contributed by atoms with Gasteiger partial charge in [-0.25, -0.2) is 9.69 Å². The molecule has 1 aromatic rings. The van der Waals surface area contributed by atoms with E-state index in [4.69, 9.17) is 4.74 Å². The summed E-state index contributed by atoms with van der Waals surface area (Å²) in [6, 6.07) is 12.4. The van der Waals surface area contributed by atoms with Crippen molar-refractivity contribution >= 4 is 6.09 Å². The summed E-state index contributed by atoms with van der Waals surface area (Å²) in [5.74, 6) is 2.71. The molecule has 76 valence electrons. The van der Waals surface area contributed by atoms with Gasteiger partial charge in [0.15, 0.2) is 0 Å². The molecular weight excluding hydrogens is 190 g/mol. The van der Waals surface area contributed by atoms with E-state index in [1.165, 1.54) is 4.90 Å². The van der Waals surface area contributed by atoms with Gasteiger partial charge in [0.05, 0.1) is 0 Å². The van der Waals surface area contributed by atoms with Gasteiger partial charge in [0, 0.05) is 6.04 Å². The van der Waals surface area contributed by atoms with Crippen LogP contribution < -0.4 is 0 Å². The van der Waals surface area contributed by atoms with E-state index < -0.39 is 0 Å². The van der Waals surface area contributed by atoms with E-state index in [1.807, 2.05) is 30.3 Å². The zero-order valence-corrected chi connectivity index (χ0v) is 8.43. The van der Waals surface area contributed by atoms with Crippen molar-refractivity contribution in [3.05, 3.63) is 35.9 Å². The van der Waals surface area contributed by atoms with Crippen LogP contribution in [0.25, 0.3) is 0 Å². The molecule has 0 aliphatic carbocycles. The summed E-state index contributed by atoms with van der Waals surface area (Å²) in [4.78, 5) is 12.8. The van der Waals surface area contributed by atoms with E-state index in [-0.39, 0.29) is 12.1 Å². The summed E-state index contributed by atoms with van der Waals surface area (Å²) in [6.07, 6.45) is -0.363. The summed E-state index contributed by atoms with van der Waals surface area (Å²) in [6.45, 7) is 2.07. The maximum Gasteiger partial charge on any atom is 0.422 e. The first-order valence-corrected chi connectivity index (χ1v) is 4.76. The number of rotatable bonds is 1. The van der Waals surface area contributed by atoms with Crippen LogP contribution in [0.4, 0.5) is 4.79 Å². The lowest BCUT2D eigenvalue weighted by Crippen LogP contribution is -2.22. The lowest BCUT2D eigenvalue weighted by Gasteiger charge is -2.14. The molecule has 0 saturated carbocycles. The van der Waals surface area contributed by atoms with Crippen LogP contribution in [0.2, 0.25) is 0 Å². The molecule has 0 unspecified atom stereocenters. The number of carbonyl (C=O) groups is 1. The summed E-state index contributed by atoms with van der Waals surface area (Å²) in [5, 5.41) is 0. The molecule has 1 heterocycles. The third kappa shape index (κ3) is 1.79. The Morgan fingerprint density at radius 3 is 2.80 bits per heavy atom. The number of carbonyl (C=O) groups excluding carboxylic acids is 1. The molecule has 15 heavy (non-hydrogen) atoms. The van der Waals surface area contributed by atoms with Crippen molar-refractivity contribution in [2.24, 2.45) is 0 Å². The molecule has 1 amide bonds. The van der Waals surface area contributed by atoms with Crippen molar-refractivity contribution in [3.8, 4) is 12.0 Å². The van der Waals surface area contributed by atoms with Gasteiger partial charge in [-0.1, -0.05) is 36.3 Å². The minimum absolute atomic E-state index is 0.0776. The zero-order chi connectivity index (χ0) is 10.7. The van der Waals surface area contributed by atoms with E-state index in [2.05, 4.69) is 12.0 Å². The number of nitrogens with zero attached hydrogens (tertiary/aromatic N) is 1. The fraction of sp³-hybridized carbons (Fsp3) is 0.250. The van der Waals surface area contributed by atoms with Gasteiger partial charge in [0.25, 0.3) is 0 Å². The number of amides is 1. The minimum Gasteiger partial charge on any atom is -0.446 e. The van der Waals surface area contributed by atoms with Gasteiger partial charge < -0.3 is 4.74 Å². The van der Waals surface area contributed by atoms with Crippen LogP contribution in [-0.2, 0) is 4.74 Å². The van der Waals surface area contributed by atoms with Crippen LogP contribution in [0.1, 0.15) is 18.5 Å². The molecule has 0 N–H and O–H groups in total. The number of hydrogen-bond acceptors (Lipinski definition) is 2. The average molecular weight is 201 g/mol. The molecular formula is C12H11NO2. The first-order valence-electron chi connectivity index (χ1n) is 4.76. The van der Waals surface area contributed by atoms with Crippen molar-refractivity contribution < 1.29 is 9.53 Å². The van der Waals surface area contributed by atoms with Crippen molar-refractivity contribution in [2.75, 3.05) is 6.61 Å². The van der Waals surface area contributed by atoms with E-state index in [1.54, 1.807) is 6.92 Å². The smallest absolute Gasteiger partial charge is 0.422 e. The Morgan fingerprint density at radius 1 is 1.40 bits per heavy atom. The normalized spacial score (nSPS) is 19.4. The molecule has 1 saturated heterocycles. The topological polar surface area (TPSA) is 29.5 Å². The highest BCUT2D eigenvalue weighted by Crippen LogP contribution is 2.26. The van der Waals surface area contributed by atoms with Crippen molar-refractivity contribution in [1.82, 2.24) is 4.90 Å². The van der Waals surface area contributed by atoms with Gasteiger partial charge in [-0.3, -0.25) is 0 Å². The number of hydrogen-bond donors (Lipinski definition) is 0. The predicted octanol–water partition coefficient (Wildman–Crippen LogP) is 2.16. The van der Waals surface area contributed by atoms with E-state index in [0.717, 1.165) is 5.56 Å². The Labute approximate surface area is 88.6 Å². The van der Waals surface area contributed by atoms with Crippen LogP contribution in [0.15, 0.2) is 30.3 Å². The highest BCUT2D eigenvalue weighted by atomic mass is 16.6. The molecule has 3 nitrogen and oxygen atoms in total. The molecule has 0 spiro atoms.